The molecule has 1 unspecified atom stereocenters. The number of para-hydroxylation sites is 1. The largest absolute Gasteiger partial charge is 0.457 e. The van der Waals surface area contributed by atoms with Crippen LogP contribution in [0.3, 0.4) is 0 Å². The van der Waals surface area contributed by atoms with Gasteiger partial charge in [0.05, 0.1) is 11.5 Å². The molecule has 1 atom stereocenters. The molecule has 1 aromatic heterocycles. The molecule has 6 heteroatoms. The van der Waals surface area contributed by atoms with E-state index in [2.05, 4.69) is 0 Å². The molecule has 0 aliphatic carbocycles. The van der Waals surface area contributed by atoms with Gasteiger partial charge >= 0.3 is 0 Å². The molecule has 0 saturated carbocycles. The zero-order valence-electron chi connectivity index (χ0n) is 15.3. The van der Waals surface area contributed by atoms with Gasteiger partial charge in [-0.1, -0.05) is 48.5 Å². The first kappa shape index (κ1) is 18.5. The number of fused-ring (bicyclic) bond motifs is 1. The maximum Gasteiger partial charge on any atom is 0.247 e. The van der Waals surface area contributed by atoms with Crippen LogP contribution in [0.5, 0.6) is 0 Å². The lowest BCUT2D eigenvalue weighted by Gasteiger charge is -2.27. The summed E-state index contributed by atoms with van der Waals surface area (Å²) in [6, 6.07) is 18.8. The Morgan fingerprint density at radius 1 is 1.11 bits per heavy atom. The first-order chi connectivity index (χ1) is 13.5. The molecule has 1 aliphatic heterocycles. The third kappa shape index (κ3) is 4.17. The lowest BCUT2D eigenvalue weighted by Crippen LogP contribution is -2.39. The molecule has 1 saturated heterocycles. The number of carbonyl (C=O) groups is 1. The highest BCUT2D eigenvalue weighted by Crippen LogP contribution is 2.22. The smallest absolute Gasteiger partial charge is 0.247 e. The standard InChI is InChI=1S/C22H21NO4S/c24-22(11-10-20-14-18-8-4-5-9-21(18)27-20)23(15-17-6-2-1-3-7-17)19-12-13-28(25,26)16-19/h1-11,14,19H,12-13,15-16H2/b11-10+. The molecular weight excluding hydrogens is 374 g/mol. The Bertz CT molecular complexity index is 1080. The minimum atomic E-state index is -3.09. The van der Waals surface area contributed by atoms with E-state index in [1.807, 2.05) is 60.7 Å². The van der Waals surface area contributed by atoms with E-state index in [0.29, 0.717) is 18.7 Å². The van der Waals surface area contributed by atoms with Gasteiger partial charge in [0, 0.05) is 24.0 Å². The average Bonchev–Trinajstić information content (AvgIpc) is 3.27. The van der Waals surface area contributed by atoms with Crippen molar-refractivity contribution in [1.82, 2.24) is 4.90 Å². The lowest BCUT2D eigenvalue weighted by molar-refractivity contribution is -0.128. The van der Waals surface area contributed by atoms with Crippen molar-refractivity contribution in [2.75, 3.05) is 11.5 Å². The van der Waals surface area contributed by atoms with E-state index in [0.717, 1.165) is 16.5 Å². The maximum absolute atomic E-state index is 12.9. The molecule has 144 valence electrons. The van der Waals surface area contributed by atoms with Crippen LogP contribution in [0.4, 0.5) is 0 Å². The van der Waals surface area contributed by atoms with Crippen LogP contribution in [0.15, 0.2) is 71.2 Å². The minimum Gasteiger partial charge on any atom is -0.457 e. The molecule has 28 heavy (non-hydrogen) atoms. The second-order valence-corrected chi connectivity index (χ2v) is 9.26. The monoisotopic (exact) mass is 395 g/mol. The fourth-order valence-corrected chi connectivity index (χ4v) is 5.25. The van der Waals surface area contributed by atoms with Crippen molar-refractivity contribution in [2.45, 2.75) is 19.0 Å². The number of amides is 1. The molecule has 1 amide bonds. The highest BCUT2D eigenvalue weighted by atomic mass is 32.2. The molecule has 5 nitrogen and oxygen atoms in total. The predicted molar refractivity (Wildman–Crippen MR) is 109 cm³/mol. The number of sulfone groups is 1. The highest BCUT2D eigenvalue weighted by Gasteiger charge is 2.34. The number of nitrogens with zero attached hydrogens (tertiary/aromatic N) is 1. The van der Waals surface area contributed by atoms with Crippen molar-refractivity contribution in [1.29, 1.82) is 0 Å². The number of hydrogen-bond donors (Lipinski definition) is 0. The molecule has 2 heterocycles. The molecule has 4 rings (SSSR count). The Balaban J connectivity index is 1.56. The van der Waals surface area contributed by atoms with Gasteiger partial charge in [-0.2, -0.15) is 0 Å². The molecule has 2 aromatic carbocycles. The van der Waals surface area contributed by atoms with Gasteiger partial charge in [-0.05, 0) is 30.2 Å². The van der Waals surface area contributed by atoms with Crippen LogP contribution in [0.2, 0.25) is 0 Å². The van der Waals surface area contributed by atoms with E-state index in [1.165, 1.54) is 6.08 Å². The maximum atomic E-state index is 12.9. The van der Waals surface area contributed by atoms with Crippen LogP contribution in [0, 0.1) is 0 Å². The molecule has 0 radical (unpaired) electrons. The zero-order chi connectivity index (χ0) is 19.6. The molecule has 0 spiro atoms. The molecule has 1 fully saturated rings. The van der Waals surface area contributed by atoms with Gasteiger partial charge in [-0.15, -0.1) is 0 Å². The van der Waals surface area contributed by atoms with Gasteiger partial charge in [0.1, 0.15) is 11.3 Å². The normalized spacial score (nSPS) is 18.6. The SMILES string of the molecule is O=C(/C=C/c1cc2ccccc2o1)N(Cc1ccccc1)C1CCS(=O)(=O)C1. The van der Waals surface area contributed by atoms with E-state index in [4.69, 9.17) is 4.42 Å². The van der Waals surface area contributed by atoms with Gasteiger partial charge in [-0.3, -0.25) is 4.79 Å². The van der Waals surface area contributed by atoms with Gasteiger partial charge in [0.15, 0.2) is 9.84 Å². The first-order valence-corrected chi connectivity index (χ1v) is 11.0. The van der Waals surface area contributed by atoms with Crippen LogP contribution in [0.1, 0.15) is 17.7 Å². The summed E-state index contributed by atoms with van der Waals surface area (Å²) in [4.78, 5) is 14.6. The van der Waals surface area contributed by atoms with E-state index in [1.54, 1.807) is 11.0 Å². The van der Waals surface area contributed by atoms with E-state index >= 15 is 0 Å². The predicted octanol–water partition coefficient (Wildman–Crippen LogP) is 3.66. The van der Waals surface area contributed by atoms with Crippen molar-refractivity contribution >= 4 is 32.8 Å². The van der Waals surface area contributed by atoms with Crippen LogP contribution >= 0.6 is 0 Å². The van der Waals surface area contributed by atoms with Gasteiger partial charge in [0.25, 0.3) is 0 Å². The second-order valence-electron chi connectivity index (χ2n) is 7.03. The third-order valence-electron chi connectivity index (χ3n) is 4.96. The van der Waals surface area contributed by atoms with Crippen LogP contribution in [-0.2, 0) is 21.2 Å². The highest BCUT2D eigenvalue weighted by molar-refractivity contribution is 7.91. The summed E-state index contributed by atoms with van der Waals surface area (Å²) in [6.07, 6.45) is 3.58. The van der Waals surface area contributed by atoms with Gasteiger partial charge < -0.3 is 9.32 Å². The van der Waals surface area contributed by atoms with Crippen molar-refractivity contribution < 1.29 is 17.6 Å². The number of benzene rings is 2. The molecule has 0 bridgehead atoms. The molecule has 1 aliphatic rings. The Labute approximate surface area is 164 Å². The summed E-state index contributed by atoms with van der Waals surface area (Å²) in [7, 11) is -3.09. The number of furan rings is 1. The van der Waals surface area contributed by atoms with Crippen LogP contribution < -0.4 is 0 Å². The van der Waals surface area contributed by atoms with E-state index in [9.17, 15) is 13.2 Å². The summed E-state index contributed by atoms with van der Waals surface area (Å²) in [5, 5.41) is 0.970. The Hall–Kier alpha value is -2.86. The fourth-order valence-electron chi connectivity index (χ4n) is 3.52. The summed E-state index contributed by atoms with van der Waals surface area (Å²) in [6.45, 7) is 0.379. The minimum absolute atomic E-state index is 0.0179. The van der Waals surface area contributed by atoms with E-state index in [-0.39, 0.29) is 23.5 Å². The summed E-state index contributed by atoms with van der Waals surface area (Å²) in [5.74, 6) is 0.521. The third-order valence-corrected chi connectivity index (χ3v) is 6.71. The quantitative estimate of drug-likeness (QED) is 0.618. The van der Waals surface area contributed by atoms with Gasteiger partial charge in [-0.25, -0.2) is 8.42 Å². The van der Waals surface area contributed by atoms with Crippen molar-refractivity contribution in [3.8, 4) is 0 Å². The first-order valence-electron chi connectivity index (χ1n) is 9.22. The average molecular weight is 395 g/mol. The van der Waals surface area contributed by atoms with Crippen LogP contribution in [-0.4, -0.2) is 36.8 Å². The van der Waals surface area contributed by atoms with Crippen LogP contribution in [0.25, 0.3) is 17.0 Å². The summed E-state index contributed by atoms with van der Waals surface area (Å²) < 4.78 is 29.6. The topological polar surface area (TPSA) is 67.6 Å². The molecule has 3 aromatic rings. The molecule has 0 N–H and O–H groups in total. The lowest BCUT2D eigenvalue weighted by atomic mass is 10.1. The summed E-state index contributed by atoms with van der Waals surface area (Å²) in [5.41, 5.74) is 1.73. The second kappa shape index (κ2) is 7.64. The number of carbonyl (C=O) groups excluding carboxylic acids is 1. The Kier molecular flexibility index (Phi) is 5.05. The fraction of sp³-hybridized carbons (Fsp3) is 0.227. The number of rotatable bonds is 5. The number of hydrogen-bond acceptors (Lipinski definition) is 4. The van der Waals surface area contributed by atoms with Crippen molar-refractivity contribution in [2.24, 2.45) is 0 Å². The van der Waals surface area contributed by atoms with Crippen molar-refractivity contribution in [3.05, 3.63) is 78.1 Å². The van der Waals surface area contributed by atoms with E-state index < -0.39 is 9.84 Å². The van der Waals surface area contributed by atoms with Gasteiger partial charge in [0.2, 0.25) is 5.91 Å². The Morgan fingerprint density at radius 2 is 1.86 bits per heavy atom. The molecular formula is C22H21NO4S. The summed E-state index contributed by atoms with van der Waals surface area (Å²) >= 11 is 0. The Morgan fingerprint density at radius 3 is 2.57 bits per heavy atom. The van der Waals surface area contributed by atoms with Crippen molar-refractivity contribution in [3.63, 3.8) is 0 Å². The zero-order valence-corrected chi connectivity index (χ0v) is 16.1.